The molecule has 0 atom stereocenters. The van der Waals surface area contributed by atoms with Crippen LogP contribution >= 0.6 is 0 Å². The van der Waals surface area contributed by atoms with Crippen LogP contribution in [-0.4, -0.2) is 23.2 Å². The van der Waals surface area contributed by atoms with E-state index in [0.29, 0.717) is 11.7 Å². The number of pyridine rings is 1. The van der Waals surface area contributed by atoms with Gasteiger partial charge in [0.1, 0.15) is 11.3 Å². The molecule has 0 aliphatic heterocycles. The number of nitrogens with zero attached hydrogens (tertiary/aromatic N) is 1. The molecular weight excluding hydrogens is 230 g/mol. The van der Waals surface area contributed by atoms with Crippen molar-refractivity contribution in [2.75, 3.05) is 7.11 Å². The number of carbonyl (C=O) groups is 1. The molecule has 1 heterocycles. The number of hydrogen-bond acceptors (Lipinski definition) is 3. The largest absolute Gasteiger partial charge is 0.496 e. The van der Waals surface area contributed by atoms with Gasteiger partial charge in [-0.25, -0.2) is 4.79 Å². The first-order chi connectivity index (χ1) is 8.54. The van der Waals surface area contributed by atoms with Gasteiger partial charge in [-0.05, 0) is 23.6 Å². The highest BCUT2D eigenvalue weighted by molar-refractivity contribution is 5.97. The van der Waals surface area contributed by atoms with Crippen LogP contribution in [0.4, 0.5) is 0 Å². The summed E-state index contributed by atoms with van der Waals surface area (Å²) in [6.07, 6.45) is 1.73. The lowest BCUT2D eigenvalue weighted by Crippen LogP contribution is -2.02. The topological polar surface area (TPSA) is 59.4 Å². The second-order valence-corrected chi connectivity index (χ2v) is 4.43. The molecule has 0 fully saturated rings. The summed E-state index contributed by atoms with van der Waals surface area (Å²) in [7, 11) is 1.46. The van der Waals surface area contributed by atoms with Crippen LogP contribution in [0.2, 0.25) is 0 Å². The Bertz CT molecular complexity index is 605. The van der Waals surface area contributed by atoms with E-state index in [2.05, 4.69) is 18.8 Å². The average molecular weight is 245 g/mol. The van der Waals surface area contributed by atoms with E-state index in [-0.39, 0.29) is 5.56 Å². The van der Waals surface area contributed by atoms with Gasteiger partial charge < -0.3 is 9.84 Å². The van der Waals surface area contributed by atoms with Gasteiger partial charge >= 0.3 is 5.97 Å². The molecule has 0 aliphatic rings. The molecule has 0 unspecified atom stereocenters. The summed E-state index contributed by atoms with van der Waals surface area (Å²) in [5.74, 6) is -0.346. The molecule has 0 spiro atoms. The first-order valence-corrected chi connectivity index (χ1v) is 5.74. The van der Waals surface area contributed by atoms with Crippen molar-refractivity contribution in [3.05, 3.63) is 35.5 Å². The van der Waals surface area contributed by atoms with Gasteiger partial charge in [-0.2, -0.15) is 0 Å². The van der Waals surface area contributed by atoms with Gasteiger partial charge in [-0.15, -0.1) is 0 Å². The zero-order valence-electron chi connectivity index (χ0n) is 10.6. The van der Waals surface area contributed by atoms with Crippen molar-refractivity contribution in [1.29, 1.82) is 0 Å². The van der Waals surface area contributed by atoms with Crippen LogP contribution in [0.1, 0.15) is 35.7 Å². The maximum atomic E-state index is 11.2. The number of carboxylic acid groups (broad SMARTS) is 1. The SMILES string of the molecule is COc1cc2nccc(C(C)C)c2cc1C(=O)O. The number of methoxy groups -OCH3 is 1. The zero-order chi connectivity index (χ0) is 13.3. The molecule has 0 radical (unpaired) electrons. The van der Waals surface area contributed by atoms with E-state index in [1.165, 1.54) is 7.11 Å². The molecule has 0 amide bonds. The van der Waals surface area contributed by atoms with Crippen molar-refractivity contribution in [3.63, 3.8) is 0 Å². The molecular formula is C14H15NO3. The summed E-state index contributed by atoms with van der Waals surface area (Å²) >= 11 is 0. The molecule has 4 heteroatoms. The van der Waals surface area contributed by atoms with Crippen molar-refractivity contribution in [1.82, 2.24) is 4.98 Å². The Balaban J connectivity index is 2.79. The number of ether oxygens (including phenoxy) is 1. The highest BCUT2D eigenvalue weighted by Crippen LogP contribution is 2.29. The van der Waals surface area contributed by atoms with Crippen LogP contribution in [0, 0.1) is 0 Å². The minimum absolute atomic E-state index is 0.167. The minimum Gasteiger partial charge on any atom is -0.496 e. The van der Waals surface area contributed by atoms with Gasteiger partial charge in [0.05, 0.1) is 12.6 Å². The Morgan fingerprint density at radius 3 is 2.67 bits per heavy atom. The van der Waals surface area contributed by atoms with E-state index in [1.807, 2.05) is 6.07 Å². The number of benzene rings is 1. The van der Waals surface area contributed by atoms with Gasteiger partial charge in [0, 0.05) is 17.6 Å². The van der Waals surface area contributed by atoms with Crippen LogP contribution in [0.25, 0.3) is 10.9 Å². The molecule has 18 heavy (non-hydrogen) atoms. The van der Waals surface area contributed by atoms with Crippen LogP contribution in [0.5, 0.6) is 5.75 Å². The number of rotatable bonds is 3. The molecule has 1 aromatic heterocycles. The zero-order valence-corrected chi connectivity index (χ0v) is 10.6. The second-order valence-electron chi connectivity index (χ2n) is 4.43. The van der Waals surface area contributed by atoms with Crippen LogP contribution in [0.15, 0.2) is 24.4 Å². The van der Waals surface area contributed by atoms with E-state index in [4.69, 9.17) is 4.74 Å². The first-order valence-electron chi connectivity index (χ1n) is 5.74. The van der Waals surface area contributed by atoms with E-state index in [9.17, 15) is 9.90 Å². The lowest BCUT2D eigenvalue weighted by Gasteiger charge is -2.12. The fraction of sp³-hybridized carbons (Fsp3) is 0.286. The van der Waals surface area contributed by atoms with E-state index >= 15 is 0 Å². The van der Waals surface area contributed by atoms with Gasteiger partial charge in [0.15, 0.2) is 0 Å². The van der Waals surface area contributed by atoms with Gasteiger partial charge in [-0.3, -0.25) is 4.98 Å². The Morgan fingerprint density at radius 2 is 2.11 bits per heavy atom. The summed E-state index contributed by atoms with van der Waals surface area (Å²) in [6, 6.07) is 5.23. The Kier molecular flexibility index (Phi) is 3.19. The summed E-state index contributed by atoms with van der Waals surface area (Å²) < 4.78 is 5.09. The highest BCUT2D eigenvalue weighted by Gasteiger charge is 2.15. The molecule has 0 saturated carbocycles. The van der Waals surface area contributed by atoms with Crippen LogP contribution in [-0.2, 0) is 0 Å². The lowest BCUT2D eigenvalue weighted by atomic mass is 9.97. The summed E-state index contributed by atoms with van der Waals surface area (Å²) in [5.41, 5.74) is 2.01. The third-order valence-electron chi connectivity index (χ3n) is 2.95. The number of fused-ring (bicyclic) bond motifs is 1. The van der Waals surface area contributed by atoms with Gasteiger partial charge in [0.2, 0.25) is 0 Å². The number of hydrogen-bond donors (Lipinski definition) is 1. The smallest absolute Gasteiger partial charge is 0.339 e. The predicted octanol–water partition coefficient (Wildman–Crippen LogP) is 3.07. The van der Waals surface area contributed by atoms with Crippen molar-refractivity contribution in [2.24, 2.45) is 0 Å². The monoisotopic (exact) mass is 245 g/mol. The molecule has 4 nitrogen and oxygen atoms in total. The predicted molar refractivity (Wildman–Crippen MR) is 69.3 cm³/mol. The van der Waals surface area contributed by atoms with E-state index in [1.54, 1.807) is 18.3 Å². The van der Waals surface area contributed by atoms with Gasteiger partial charge in [-0.1, -0.05) is 13.8 Å². The highest BCUT2D eigenvalue weighted by atomic mass is 16.5. The van der Waals surface area contributed by atoms with Crippen molar-refractivity contribution in [2.45, 2.75) is 19.8 Å². The van der Waals surface area contributed by atoms with Crippen molar-refractivity contribution < 1.29 is 14.6 Å². The van der Waals surface area contributed by atoms with Crippen LogP contribution < -0.4 is 4.74 Å². The summed E-state index contributed by atoms with van der Waals surface area (Å²) in [5, 5.41) is 10.1. The lowest BCUT2D eigenvalue weighted by molar-refractivity contribution is 0.0693. The standard InChI is InChI=1S/C14H15NO3/c1-8(2)9-4-5-15-12-7-13(18-3)11(14(16)17)6-10(9)12/h4-8H,1-3H3,(H,16,17). The maximum absolute atomic E-state index is 11.2. The third-order valence-corrected chi connectivity index (χ3v) is 2.95. The Hall–Kier alpha value is -2.10. The number of carboxylic acids is 1. The van der Waals surface area contributed by atoms with Crippen molar-refractivity contribution >= 4 is 16.9 Å². The Morgan fingerprint density at radius 1 is 1.39 bits per heavy atom. The number of aromatic nitrogens is 1. The van der Waals surface area contributed by atoms with Gasteiger partial charge in [0.25, 0.3) is 0 Å². The molecule has 0 saturated heterocycles. The molecule has 1 N–H and O–H groups in total. The average Bonchev–Trinajstić information content (AvgIpc) is 2.35. The second kappa shape index (κ2) is 4.64. The molecule has 0 bridgehead atoms. The van der Waals surface area contributed by atoms with Crippen molar-refractivity contribution in [3.8, 4) is 5.75 Å². The molecule has 94 valence electrons. The van der Waals surface area contributed by atoms with E-state index in [0.717, 1.165) is 16.5 Å². The fourth-order valence-corrected chi connectivity index (χ4v) is 2.03. The molecule has 0 aliphatic carbocycles. The molecule has 2 aromatic rings. The third kappa shape index (κ3) is 2.01. The molecule has 1 aromatic carbocycles. The fourth-order valence-electron chi connectivity index (χ4n) is 2.03. The summed E-state index contributed by atoms with van der Waals surface area (Å²) in [6.45, 7) is 4.14. The summed E-state index contributed by atoms with van der Waals surface area (Å²) in [4.78, 5) is 15.5. The van der Waals surface area contributed by atoms with E-state index < -0.39 is 5.97 Å². The molecule has 2 rings (SSSR count). The minimum atomic E-state index is -0.993. The first kappa shape index (κ1) is 12.4. The van der Waals surface area contributed by atoms with Crippen LogP contribution in [0.3, 0.4) is 0 Å². The quantitative estimate of drug-likeness (QED) is 0.902. The maximum Gasteiger partial charge on any atom is 0.339 e. The normalized spacial score (nSPS) is 10.9. The number of aromatic carboxylic acids is 1. The Labute approximate surface area is 105 Å².